The summed E-state index contributed by atoms with van der Waals surface area (Å²) in [6.07, 6.45) is 3.83. The number of anilines is 1. The lowest BCUT2D eigenvalue weighted by molar-refractivity contribution is -0.139. The fourth-order valence-corrected chi connectivity index (χ4v) is 5.31. The van der Waals surface area contributed by atoms with Gasteiger partial charge < -0.3 is 10.2 Å². The molecule has 1 unspecified atom stereocenters. The molecule has 2 amide bonds. The van der Waals surface area contributed by atoms with E-state index in [9.17, 15) is 22.4 Å². The van der Waals surface area contributed by atoms with Crippen molar-refractivity contribution in [3.63, 3.8) is 0 Å². The molecule has 0 radical (unpaired) electrons. The van der Waals surface area contributed by atoms with Crippen LogP contribution in [0.1, 0.15) is 38.2 Å². The summed E-state index contributed by atoms with van der Waals surface area (Å²) in [6.45, 7) is 0.963. The van der Waals surface area contributed by atoms with Crippen molar-refractivity contribution in [1.29, 1.82) is 0 Å². The topological polar surface area (TPSA) is 90.0 Å². The fraction of sp³-hybridized carbons (Fsp3) is 0.440. The third kappa shape index (κ3) is 6.74. The number of carbonyl (C=O) groups excluding carboxylic acids is 2. The molecule has 0 heterocycles. The number of hydrogen-bond acceptors (Lipinski definition) is 4. The highest BCUT2D eigenvalue weighted by Crippen LogP contribution is 2.24. The Morgan fingerprint density at radius 3 is 2.28 bits per heavy atom. The number of halogens is 2. The zero-order valence-corrected chi connectivity index (χ0v) is 22.2. The molecule has 0 bridgehead atoms. The molecule has 1 saturated carbocycles. The van der Waals surface area contributed by atoms with Gasteiger partial charge in [0, 0.05) is 31.7 Å². The average Bonchev–Trinajstić information content (AvgIpc) is 3.35. The molecule has 3 rings (SSSR count). The van der Waals surface area contributed by atoms with Gasteiger partial charge in [-0.05, 0) is 49.6 Å². The summed E-state index contributed by atoms with van der Waals surface area (Å²) in [6, 6.07) is 11.3. The number of rotatable bonds is 10. The van der Waals surface area contributed by atoms with Crippen molar-refractivity contribution in [1.82, 2.24) is 14.5 Å². The van der Waals surface area contributed by atoms with Crippen molar-refractivity contribution < 1.29 is 22.4 Å². The molecular formula is C25H32ClFN4O4S. The summed E-state index contributed by atoms with van der Waals surface area (Å²) in [5, 5.41) is 3.52. The van der Waals surface area contributed by atoms with Crippen LogP contribution in [0.3, 0.4) is 0 Å². The largest absolute Gasteiger partial charge is 0.352 e. The third-order valence-electron chi connectivity index (χ3n) is 6.27. The molecular weight excluding hydrogens is 507 g/mol. The Morgan fingerprint density at radius 2 is 1.69 bits per heavy atom. The quantitative estimate of drug-likeness (QED) is 0.501. The predicted molar refractivity (Wildman–Crippen MR) is 138 cm³/mol. The highest BCUT2D eigenvalue weighted by Gasteiger charge is 2.34. The lowest BCUT2D eigenvalue weighted by Crippen LogP contribution is -2.53. The van der Waals surface area contributed by atoms with Crippen LogP contribution in [0.5, 0.6) is 0 Å². The van der Waals surface area contributed by atoms with Crippen LogP contribution in [0.2, 0.25) is 5.02 Å². The molecule has 0 saturated heterocycles. The van der Waals surface area contributed by atoms with E-state index in [1.807, 2.05) is 0 Å². The van der Waals surface area contributed by atoms with Gasteiger partial charge >= 0.3 is 10.2 Å². The molecule has 36 heavy (non-hydrogen) atoms. The minimum absolute atomic E-state index is 0.0440. The highest BCUT2D eigenvalue weighted by molar-refractivity contribution is 7.90. The third-order valence-corrected chi connectivity index (χ3v) is 8.33. The number of amides is 2. The minimum Gasteiger partial charge on any atom is -0.352 e. The monoisotopic (exact) mass is 538 g/mol. The summed E-state index contributed by atoms with van der Waals surface area (Å²) < 4.78 is 42.5. The summed E-state index contributed by atoms with van der Waals surface area (Å²) in [5.74, 6) is -1.75. The van der Waals surface area contributed by atoms with E-state index in [0.29, 0.717) is 10.6 Å². The van der Waals surface area contributed by atoms with Crippen molar-refractivity contribution >= 4 is 39.3 Å². The number of carbonyl (C=O) groups is 2. The van der Waals surface area contributed by atoms with E-state index in [-0.39, 0.29) is 24.2 Å². The zero-order valence-electron chi connectivity index (χ0n) is 20.7. The maximum Gasteiger partial charge on any atom is 0.304 e. The van der Waals surface area contributed by atoms with E-state index in [0.717, 1.165) is 40.4 Å². The molecule has 8 nitrogen and oxygen atoms in total. The van der Waals surface area contributed by atoms with Crippen LogP contribution >= 0.6 is 11.6 Å². The summed E-state index contributed by atoms with van der Waals surface area (Å²) in [5.41, 5.74) is 0.454. The molecule has 0 aromatic heterocycles. The second-order valence-electron chi connectivity index (χ2n) is 9.06. The molecule has 0 aliphatic heterocycles. The number of hydrogen-bond donors (Lipinski definition) is 1. The van der Waals surface area contributed by atoms with E-state index in [4.69, 9.17) is 11.6 Å². The van der Waals surface area contributed by atoms with Crippen molar-refractivity contribution in [2.45, 2.75) is 51.2 Å². The zero-order chi connectivity index (χ0) is 26.5. The molecule has 196 valence electrons. The smallest absolute Gasteiger partial charge is 0.304 e. The van der Waals surface area contributed by atoms with Crippen LogP contribution in [0.25, 0.3) is 0 Å². The molecule has 1 fully saturated rings. The first-order valence-electron chi connectivity index (χ1n) is 11.8. The van der Waals surface area contributed by atoms with Gasteiger partial charge in [0.2, 0.25) is 11.8 Å². The predicted octanol–water partition coefficient (Wildman–Crippen LogP) is 3.57. The van der Waals surface area contributed by atoms with E-state index in [1.165, 1.54) is 37.2 Å². The normalized spacial score (nSPS) is 15.1. The molecule has 1 N–H and O–H groups in total. The van der Waals surface area contributed by atoms with Crippen molar-refractivity contribution in [3.8, 4) is 0 Å². The van der Waals surface area contributed by atoms with Crippen LogP contribution in [-0.4, -0.2) is 62.2 Å². The molecule has 1 aliphatic carbocycles. The SMILES string of the molecule is CC(C(=O)NC1CCCC1)N(Cc1ccc(Cl)cc1)C(=O)CN(c1ccccc1F)S(=O)(=O)N(C)C. The van der Waals surface area contributed by atoms with Gasteiger partial charge in [-0.25, -0.2) is 8.70 Å². The van der Waals surface area contributed by atoms with Gasteiger partial charge in [-0.3, -0.25) is 9.59 Å². The first kappa shape index (κ1) is 27.9. The number of nitrogens with zero attached hydrogens (tertiary/aromatic N) is 3. The molecule has 1 atom stereocenters. The minimum atomic E-state index is -4.23. The second-order valence-corrected chi connectivity index (χ2v) is 11.6. The van der Waals surface area contributed by atoms with Crippen LogP contribution in [0, 0.1) is 5.82 Å². The lowest BCUT2D eigenvalue weighted by Gasteiger charge is -2.33. The fourth-order valence-electron chi connectivity index (χ4n) is 4.12. The van der Waals surface area contributed by atoms with Gasteiger partial charge in [-0.1, -0.05) is 48.7 Å². The van der Waals surface area contributed by atoms with Gasteiger partial charge in [0.1, 0.15) is 18.4 Å². The van der Waals surface area contributed by atoms with Crippen molar-refractivity contribution in [3.05, 3.63) is 64.9 Å². The second kappa shape index (κ2) is 12.0. The number of para-hydroxylation sites is 1. The van der Waals surface area contributed by atoms with Crippen molar-refractivity contribution in [2.24, 2.45) is 0 Å². The van der Waals surface area contributed by atoms with Gasteiger partial charge in [0.05, 0.1) is 5.69 Å². The van der Waals surface area contributed by atoms with Crippen LogP contribution < -0.4 is 9.62 Å². The van der Waals surface area contributed by atoms with Gasteiger partial charge in [-0.2, -0.15) is 12.7 Å². The Labute approximate surface area is 217 Å². The van der Waals surface area contributed by atoms with Gasteiger partial charge in [0.15, 0.2) is 0 Å². The number of nitrogens with one attached hydrogen (secondary N) is 1. The van der Waals surface area contributed by atoms with E-state index >= 15 is 0 Å². The summed E-state index contributed by atoms with van der Waals surface area (Å²) in [7, 11) is -1.62. The Hall–Kier alpha value is -2.69. The number of benzene rings is 2. The molecule has 0 spiro atoms. The first-order chi connectivity index (χ1) is 17.0. The average molecular weight is 539 g/mol. The van der Waals surface area contributed by atoms with Crippen LogP contribution in [0.4, 0.5) is 10.1 Å². The molecule has 1 aliphatic rings. The molecule has 2 aromatic rings. The lowest BCUT2D eigenvalue weighted by atomic mass is 10.1. The van der Waals surface area contributed by atoms with E-state index in [2.05, 4.69) is 5.32 Å². The molecule has 11 heteroatoms. The summed E-state index contributed by atoms with van der Waals surface area (Å²) >= 11 is 5.99. The Morgan fingerprint density at radius 1 is 1.08 bits per heavy atom. The Kier molecular flexibility index (Phi) is 9.32. The standard InChI is InChI=1S/C25H32ClFN4O4S/c1-18(25(33)28-21-8-4-5-9-21)30(16-19-12-14-20(26)15-13-19)24(32)17-31(36(34,35)29(2)3)23-11-7-6-10-22(23)27/h6-7,10-15,18,21H,4-5,8-9,16-17H2,1-3H3,(H,28,33). The Bertz CT molecular complexity index is 1170. The van der Waals surface area contributed by atoms with Crippen LogP contribution in [-0.2, 0) is 26.3 Å². The van der Waals surface area contributed by atoms with Crippen LogP contribution in [0.15, 0.2) is 48.5 Å². The van der Waals surface area contributed by atoms with Gasteiger partial charge in [-0.15, -0.1) is 0 Å². The molecule has 2 aromatic carbocycles. The summed E-state index contributed by atoms with van der Waals surface area (Å²) in [4.78, 5) is 28.0. The van der Waals surface area contributed by atoms with Crippen molar-refractivity contribution in [2.75, 3.05) is 24.9 Å². The maximum absolute atomic E-state index is 14.7. The van der Waals surface area contributed by atoms with E-state index < -0.39 is 34.5 Å². The van der Waals surface area contributed by atoms with E-state index in [1.54, 1.807) is 31.2 Å². The van der Waals surface area contributed by atoms with Gasteiger partial charge in [0.25, 0.3) is 0 Å². The Balaban J connectivity index is 1.93. The maximum atomic E-state index is 14.7. The first-order valence-corrected chi connectivity index (χ1v) is 13.6. The highest BCUT2D eigenvalue weighted by atomic mass is 35.5.